The molecule has 1 aliphatic heterocycles. The molecule has 1 fully saturated rings. The molecule has 6 heteroatoms. The molecule has 0 bridgehead atoms. The topological polar surface area (TPSA) is 41.4 Å². The lowest BCUT2D eigenvalue weighted by Crippen LogP contribution is -2.59. The van der Waals surface area contributed by atoms with Crippen molar-refractivity contribution in [2.24, 2.45) is 0 Å². The normalized spacial score (nSPS) is 14.8. The number of carbonyl (C=O) groups is 1. The second-order valence-electron chi connectivity index (χ2n) is 6.48. The van der Waals surface area contributed by atoms with E-state index in [0.717, 1.165) is 29.3 Å². The number of rotatable bonds is 4. The van der Waals surface area contributed by atoms with Gasteiger partial charge in [-0.25, -0.2) is 4.68 Å². The summed E-state index contributed by atoms with van der Waals surface area (Å²) >= 11 is 1.60. The van der Waals surface area contributed by atoms with Gasteiger partial charge in [0.25, 0.3) is 5.91 Å². The molecule has 0 unspecified atom stereocenters. The van der Waals surface area contributed by atoms with Gasteiger partial charge >= 0.3 is 0 Å². The third-order valence-electron chi connectivity index (χ3n) is 4.60. The summed E-state index contributed by atoms with van der Waals surface area (Å²) in [7, 11) is 4.11. The lowest BCUT2D eigenvalue weighted by Gasteiger charge is -2.42. The fourth-order valence-electron chi connectivity index (χ4n) is 2.96. The highest BCUT2D eigenvalue weighted by Crippen LogP contribution is 2.29. The fourth-order valence-corrected chi connectivity index (χ4v) is 3.68. The second-order valence-corrected chi connectivity index (χ2v) is 7.42. The van der Waals surface area contributed by atoms with Crippen LogP contribution in [0, 0.1) is 0 Å². The number of nitrogens with zero attached hydrogens (tertiary/aromatic N) is 4. The minimum Gasteiger partial charge on any atom is -0.335 e. The highest BCUT2D eigenvalue weighted by atomic mass is 32.1. The number of hydrogen-bond acceptors (Lipinski definition) is 4. The standard InChI is InChI=1S/C19H20N4OS/c1-21(2)15-11-22(12-15)19(24)16-13-23(14-7-4-3-5-8-14)20-18(16)17-9-6-10-25-17/h3-10,13,15H,11-12H2,1-2H3. The number of benzene rings is 1. The van der Waals surface area contributed by atoms with E-state index >= 15 is 0 Å². The van der Waals surface area contributed by atoms with Gasteiger partial charge < -0.3 is 9.80 Å². The molecule has 0 spiro atoms. The van der Waals surface area contributed by atoms with Crippen LogP contribution in [-0.4, -0.2) is 58.7 Å². The average Bonchev–Trinajstić information content (AvgIpc) is 3.23. The van der Waals surface area contributed by atoms with Gasteiger partial charge in [-0.3, -0.25) is 4.79 Å². The predicted octanol–water partition coefficient (Wildman–Crippen LogP) is 2.99. The van der Waals surface area contributed by atoms with Crippen LogP contribution in [0.4, 0.5) is 0 Å². The maximum Gasteiger partial charge on any atom is 0.257 e. The third-order valence-corrected chi connectivity index (χ3v) is 5.48. The molecule has 0 radical (unpaired) electrons. The SMILES string of the molecule is CN(C)C1CN(C(=O)c2cn(-c3ccccc3)nc2-c2cccs2)C1. The molecule has 5 nitrogen and oxygen atoms in total. The summed E-state index contributed by atoms with van der Waals surface area (Å²) in [4.78, 5) is 18.1. The molecule has 3 aromatic rings. The van der Waals surface area contributed by atoms with Crippen LogP contribution in [0.25, 0.3) is 16.3 Å². The van der Waals surface area contributed by atoms with E-state index in [1.807, 2.05) is 58.9 Å². The monoisotopic (exact) mass is 352 g/mol. The molecule has 1 aromatic carbocycles. The molecule has 1 saturated heterocycles. The van der Waals surface area contributed by atoms with E-state index in [1.165, 1.54) is 0 Å². The first-order valence-corrected chi connectivity index (χ1v) is 9.16. The predicted molar refractivity (Wildman–Crippen MR) is 100 cm³/mol. The Morgan fingerprint density at radius 2 is 1.92 bits per heavy atom. The maximum atomic E-state index is 13.0. The zero-order valence-electron chi connectivity index (χ0n) is 14.3. The van der Waals surface area contributed by atoms with Gasteiger partial charge in [-0.05, 0) is 37.7 Å². The van der Waals surface area contributed by atoms with Crippen LogP contribution >= 0.6 is 11.3 Å². The van der Waals surface area contributed by atoms with Crippen LogP contribution in [0.15, 0.2) is 54.0 Å². The molecule has 0 saturated carbocycles. The molecule has 2 aromatic heterocycles. The zero-order valence-corrected chi connectivity index (χ0v) is 15.1. The number of carbonyl (C=O) groups excluding carboxylic acids is 1. The van der Waals surface area contributed by atoms with Crippen molar-refractivity contribution in [1.29, 1.82) is 0 Å². The summed E-state index contributed by atoms with van der Waals surface area (Å²) in [6, 6.07) is 14.3. The van der Waals surface area contributed by atoms with E-state index in [4.69, 9.17) is 5.10 Å². The van der Waals surface area contributed by atoms with Crippen molar-refractivity contribution in [2.45, 2.75) is 6.04 Å². The van der Waals surface area contributed by atoms with Gasteiger partial charge in [0.1, 0.15) is 5.69 Å². The van der Waals surface area contributed by atoms with Crippen molar-refractivity contribution < 1.29 is 4.79 Å². The molecular formula is C19H20N4OS. The van der Waals surface area contributed by atoms with Gasteiger partial charge in [0.05, 0.1) is 16.1 Å². The molecule has 0 N–H and O–H groups in total. The van der Waals surface area contributed by atoms with Crippen molar-refractivity contribution in [3.8, 4) is 16.3 Å². The van der Waals surface area contributed by atoms with Gasteiger partial charge in [-0.15, -0.1) is 11.3 Å². The molecule has 0 aliphatic carbocycles. The number of likely N-dealkylation sites (N-methyl/N-ethyl adjacent to an activating group) is 1. The highest BCUT2D eigenvalue weighted by Gasteiger charge is 2.34. The van der Waals surface area contributed by atoms with Gasteiger partial charge in [-0.2, -0.15) is 5.10 Å². The number of likely N-dealkylation sites (tertiary alicyclic amines) is 1. The number of thiophene rings is 1. The Labute approximate surface area is 151 Å². The molecule has 25 heavy (non-hydrogen) atoms. The quantitative estimate of drug-likeness (QED) is 0.725. The fraction of sp³-hybridized carbons (Fsp3) is 0.263. The highest BCUT2D eigenvalue weighted by molar-refractivity contribution is 7.13. The lowest BCUT2D eigenvalue weighted by atomic mass is 10.1. The second kappa shape index (κ2) is 6.46. The van der Waals surface area contributed by atoms with Crippen LogP contribution in [0.2, 0.25) is 0 Å². The first-order chi connectivity index (χ1) is 12.1. The van der Waals surface area contributed by atoms with Crippen molar-refractivity contribution >= 4 is 17.2 Å². The van der Waals surface area contributed by atoms with Crippen LogP contribution in [0.5, 0.6) is 0 Å². The maximum absolute atomic E-state index is 13.0. The Morgan fingerprint density at radius 1 is 1.16 bits per heavy atom. The Morgan fingerprint density at radius 3 is 2.56 bits per heavy atom. The summed E-state index contributed by atoms with van der Waals surface area (Å²) in [6.45, 7) is 1.54. The Balaban J connectivity index is 1.69. The zero-order chi connectivity index (χ0) is 17.4. The molecular weight excluding hydrogens is 332 g/mol. The van der Waals surface area contributed by atoms with Gasteiger partial charge in [-0.1, -0.05) is 24.3 Å². The largest absolute Gasteiger partial charge is 0.335 e. The average molecular weight is 352 g/mol. The van der Waals surface area contributed by atoms with E-state index in [0.29, 0.717) is 11.6 Å². The summed E-state index contributed by atoms with van der Waals surface area (Å²) in [5.74, 6) is 0.0590. The summed E-state index contributed by atoms with van der Waals surface area (Å²) < 4.78 is 1.80. The number of amides is 1. The molecule has 0 atom stereocenters. The minimum atomic E-state index is 0.0590. The van der Waals surface area contributed by atoms with E-state index in [2.05, 4.69) is 19.0 Å². The van der Waals surface area contributed by atoms with Crippen molar-refractivity contribution in [3.63, 3.8) is 0 Å². The van der Waals surface area contributed by atoms with Crippen LogP contribution in [-0.2, 0) is 0 Å². The summed E-state index contributed by atoms with van der Waals surface area (Å²) in [5, 5.41) is 6.72. The van der Waals surface area contributed by atoms with E-state index in [-0.39, 0.29) is 5.91 Å². The molecule has 1 aliphatic rings. The van der Waals surface area contributed by atoms with Gasteiger partial charge in [0.2, 0.25) is 0 Å². The molecule has 4 rings (SSSR count). The van der Waals surface area contributed by atoms with Crippen LogP contribution < -0.4 is 0 Å². The number of hydrogen-bond donors (Lipinski definition) is 0. The first kappa shape index (κ1) is 16.1. The van der Waals surface area contributed by atoms with Crippen LogP contribution in [0.1, 0.15) is 10.4 Å². The van der Waals surface area contributed by atoms with Crippen molar-refractivity contribution in [3.05, 3.63) is 59.6 Å². The van der Waals surface area contributed by atoms with E-state index < -0.39 is 0 Å². The Kier molecular flexibility index (Phi) is 4.15. The van der Waals surface area contributed by atoms with Crippen LogP contribution in [0.3, 0.4) is 0 Å². The lowest BCUT2D eigenvalue weighted by molar-refractivity contribution is 0.0400. The Bertz CT molecular complexity index is 864. The number of aromatic nitrogens is 2. The number of para-hydroxylation sites is 1. The minimum absolute atomic E-state index is 0.0590. The van der Waals surface area contributed by atoms with Crippen molar-refractivity contribution in [2.75, 3.05) is 27.2 Å². The van der Waals surface area contributed by atoms with E-state index in [9.17, 15) is 4.79 Å². The smallest absolute Gasteiger partial charge is 0.257 e. The summed E-state index contributed by atoms with van der Waals surface area (Å²) in [6.07, 6.45) is 1.86. The summed E-state index contributed by atoms with van der Waals surface area (Å²) in [5.41, 5.74) is 2.38. The third kappa shape index (κ3) is 2.99. The van der Waals surface area contributed by atoms with E-state index in [1.54, 1.807) is 16.0 Å². The molecule has 3 heterocycles. The van der Waals surface area contributed by atoms with Gasteiger partial charge in [0.15, 0.2) is 0 Å². The van der Waals surface area contributed by atoms with Gasteiger partial charge in [0, 0.05) is 25.3 Å². The Hall–Kier alpha value is -2.44. The van der Waals surface area contributed by atoms with Crippen molar-refractivity contribution in [1.82, 2.24) is 19.6 Å². The first-order valence-electron chi connectivity index (χ1n) is 8.28. The molecule has 128 valence electrons. The molecule has 1 amide bonds.